The molecule has 0 bridgehead atoms. The van der Waals surface area contributed by atoms with Crippen LogP contribution in [0.3, 0.4) is 0 Å². The summed E-state index contributed by atoms with van der Waals surface area (Å²) in [6.07, 6.45) is 2.04. The van der Waals surface area contributed by atoms with Gasteiger partial charge in [0.05, 0.1) is 0 Å². The van der Waals surface area contributed by atoms with E-state index in [0.717, 1.165) is 11.3 Å². The minimum atomic E-state index is -1.18. The predicted molar refractivity (Wildman–Crippen MR) is 85.0 cm³/mol. The van der Waals surface area contributed by atoms with Crippen molar-refractivity contribution in [2.75, 3.05) is 6.54 Å². The zero-order valence-electron chi connectivity index (χ0n) is 14.5. The number of hydrogen-bond acceptors (Lipinski definition) is 4. The quantitative estimate of drug-likeness (QED) is 0.653. The van der Waals surface area contributed by atoms with Crippen LogP contribution in [0.15, 0.2) is 0 Å². The smallest absolute Gasteiger partial charge is 0.325 e. The van der Waals surface area contributed by atoms with Gasteiger partial charge in [0, 0.05) is 0 Å². The minimum Gasteiger partial charge on any atom is -0.480 e. The van der Waals surface area contributed by atoms with Gasteiger partial charge in [-0.3, -0.25) is 19.3 Å². The van der Waals surface area contributed by atoms with Crippen LogP contribution in [-0.4, -0.2) is 51.9 Å². The molecule has 1 heterocycles. The minimum absolute atomic E-state index is 0.0866. The lowest BCUT2D eigenvalue weighted by atomic mass is 9.64. The van der Waals surface area contributed by atoms with Gasteiger partial charge in [-0.05, 0) is 37.5 Å². The lowest BCUT2D eigenvalue weighted by Crippen LogP contribution is -2.54. The fourth-order valence-electron chi connectivity index (χ4n) is 4.14. The molecule has 1 saturated carbocycles. The lowest BCUT2D eigenvalue weighted by molar-refractivity contribution is -0.142. The van der Waals surface area contributed by atoms with Crippen molar-refractivity contribution in [3.63, 3.8) is 0 Å². The number of carboxylic acids is 1. The molecule has 3 atom stereocenters. The number of carboxylic acid groups (broad SMARTS) is 1. The van der Waals surface area contributed by atoms with Gasteiger partial charge in [0.15, 0.2) is 0 Å². The van der Waals surface area contributed by atoms with Gasteiger partial charge in [0.2, 0.25) is 5.91 Å². The van der Waals surface area contributed by atoms with E-state index in [4.69, 9.17) is 5.11 Å². The molecule has 2 fully saturated rings. The second-order valence-electron chi connectivity index (χ2n) is 7.89. The fraction of sp³-hybridized carbons (Fsp3) is 0.750. The highest BCUT2D eigenvalue weighted by Crippen LogP contribution is 2.46. The Kier molecular flexibility index (Phi) is 4.61. The Morgan fingerprint density at radius 3 is 2.54 bits per heavy atom. The Morgan fingerprint density at radius 1 is 1.38 bits per heavy atom. The average Bonchev–Trinajstić information content (AvgIpc) is 2.60. The van der Waals surface area contributed by atoms with Crippen molar-refractivity contribution in [2.24, 2.45) is 11.3 Å². The van der Waals surface area contributed by atoms with Gasteiger partial charge in [0.1, 0.15) is 18.1 Å². The van der Waals surface area contributed by atoms with Crippen LogP contribution >= 0.6 is 0 Å². The first-order valence-corrected chi connectivity index (χ1v) is 8.12. The summed E-state index contributed by atoms with van der Waals surface area (Å²) in [6, 6.07) is -1.68. The number of nitrogens with zero attached hydrogens (tertiary/aromatic N) is 1. The number of rotatable bonds is 4. The molecule has 0 aromatic rings. The molecule has 8 nitrogen and oxygen atoms in total. The number of carbonyl (C=O) groups is 4. The molecule has 1 aliphatic heterocycles. The molecule has 24 heavy (non-hydrogen) atoms. The number of aliphatic carboxylic acids is 1. The van der Waals surface area contributed by atoms with Crippen LogP contribution in [-0.2, 0) is 14.4 Å². The molecule has 4 amide bonds. The summed E-state index contributed by atoms with van der Waals surface area (Å²) in [5.74, 6) is -1.97. The highest BCUT2D eigenvalue weighted by molar-refractivity contribution is 6.09. The van der Waals surface area contributed by atoms with Gasteiger partial charge in [-0.25, -0.2) is 4.79 Å². The molecule has 8 heteroatoms. The van der Waals surface area contributed by atoms with Gasteiger partial charge in [-0.1, -0.05) is 20.8 Å². The molecule has 0 aromatic heterocycles. The third-order valence-corrected chi connectivity index (χ3v) is 4.67. The monoisotopic (exact) mass is 339 g/mol. The van der Waals surface area contributed by atoms with E-state index in [1.54, 1.807) is 0 Å². The third kappa shape index (κ3) is 3.52. The number of nitrogens with one attached hydrogen (secondary N) is 2. The molecule has 1 aliphatic carbocycles. The SMILES string of the molecule is CC1CC(C)(C)CC2(C1)NC(=O)N(CC(=O)N[C@@H](C)C(=O)O)C2=O. The Balaban J connectivity index is 2.11. The maximum absolute atomic E-state index is 12.8. The van der Waals surface area contributed by atoms with Gasteiger partial charge >= 0.3 is 12.0 Å². The zero-order valence-corrected chi connectivity index (χ0v) is 14.5. The van der Waals surface area contributed by atoms with Crippen molar-refractivity contribution in [2.45, 2.75) is 58.5 Å². The summed E-state index contributed by atoms with van der Waals surface area (Å²) >= 11 is 0. The summed E-state index contributed by atoms with van der Waals surface area (Å²) in [6.45, 7) is 7.02. The van der Waals surface area contributed by atoms with E-state index in [-0.39, 0.29) is 11.3 Å². The van der Waals surface area contributed by atoms with Crippen LogP contribution in [0, 0.1) is 11.3 Å². The van der Waals surface area contributed by atoms with E-state index in [9.17, 15) is 19.2 Å². The fourth-order valence-corrected chi connectivity index (χ4v) is 4.14. The maximum Gasteiger partial charge on any atom is 0.325 e. The molecule has 0 aromatic carbocycles. The van der Waals surface area contributed by atoms with E-state index in [0.29, 0.717) is 12.8 Å². The first-order valence-electron chi connectivity index (χ1n) is 8.12. The Bertz CT molecular complexity index is 588. The molecule has 1 spiro atoms. The Hall–Kier alpha value is -2.12. The number of amides is 4. The first kappa shape index (κ1) is 18.2. The lowest BCUT2D eigenvalue weighted by Gasteiger charge is -2.43. The van der Waals surface area contributed by atoms with E-state index < -0.39 is 41.9 Å². The molecule has 134 valence electrons. The van der Waals surface area contributed by atoms with E-state index >= 15 is 0 Å². The van der Waals surface area contributed by atoms with E-state index in [2.05, 4.69) is 24.5 Å². The molecule has 2 aliphatic rings. The van der Waals surface area contributed by atoms with Gasteiger partial charge < -0.3 is 15.7 Å². The van der Waals surface area contributed by atoms with E-state index in [1.807, 2.05) is 6.92 Å². The number of hydrogen-bond donors (Lipinski definition) is 3. The zero-order chi connectivity index (χ0) is 18.3. The third-order valence-electron chi connectivity index (χ3n) is 4.67. The summed E-state index contributed by atoms with van der Waals surface area (Å²) in [5.41, 5.74) is -1.05. The number of imide groups is 1. The van der Waals surface area contributed by atoms with Crippen molar-refractivity contribution in [1.29, 1.82) is 0 Å². The highest BCUT2D eigenvalue weighted by atomic mass is 16.4. The Morgan fingerprint density at radius 2 is 2.00 bits per heavy atom. The molecule has 2 unspecified atom stereocenters. The van der Waals surface area contributed by atoms with Crippen molar-refractivity contribution >= 4 is 23.8 Å². The summed E-state index contributed by atoms with van der Waals surface area (Å²) in [7, 11) is 0. The summed E-state index contributed by atoms with van der Waals surface area (Å²) in [4.78, 5) is 48.6. The van der Waals surface area contributed by atoms with Crippen LogP contribution in [0.5, 0.6) is 0 Å². The van der Waals surface area contributed by atoms with E-state index in [1.165, 1.54) is 6.92 Å². The average molecular weight is 339 g/mol. The number of carbonyl (C=O) groups excluding carboxylic acids is 3. The van der Waals surface area contributed by atoms with Crippen LogP contribution in [0.4, 0.5) is 4.79 Å². The van der Waals surface area contributed by atoms with Crippen molar-refractivity contribution in [3.05, 3.63) is 0 Å². The molecule has 3 N–H and O–H groups in total. The van der Waals surface area contributed by atoms with Crippen molar-refractivity contribution in [1.82, 2.24) is 15.5 Å². The second kappa shape index (κ2) is 6.07. The summed E-state index contributed by atoms with van der Waals surface area (Å²) < 4.78 is 0. The van der Waals surface area contributed by atoms with Crippen LogP contribution in [0.2, 0.25) is 0 Å². The molecular weight excluding hydrogens is 314 g/mol. The maximum atomic E-state index is 12.8. The molecule has 1 saturated heterocycles. The summed E-state index contributed by atoms with van der Waals surface area (Å²) in [5, 5.41) is 13.8. The van der Waals surface area contributed by atoms with Crippen molar-refractivity contribution in [3.8, 4) is 0 Å². The standard InChI is InChI=1S/C16H25N3O5/c1-9-5-15(3,4)8-16(6-9)13(23)19(14(24)18-16)7-11(20)17-10(2)12(21)22/h9-10H,5-8H2,1-4H3,(H,17,20)(H,18,24)(H,21,22)/t9?,10-,16?/m0/s1. The molecular formula is C16H25N3O5. The van der Waals surface area contributed by atoms with Crippen LogP contribution in [0.1, 0.15) is 47.0 Å². The predicted octanol–water partition coefficient (Wildman–Crippen LogP) is 0.713. The topological polar surface area (TPSA) is 116 Å². The highest BCUT2D eigenvalue weighted by Gasteiger charge is 2.56. The molecule has 2 rings (SSSR count). The second-order valence-corrected chi connectivity index (χ2v) is 7.89. The van der Waals surface area contributed by atoms with Gasteiger partial charge in [-0.15, -0.1) is 0 Å². The van der Waals surface area contributed by atoms with Crippen LogP contribution < -0.4 is 10.6 Å². The van der Waals surface area contributed by atoms with Gasteiger partial charge in [-0.2, -0.15) is 0 Å². The van der Waals surface area contributed by atoms with Crippen molar-refractivity contribution < 1.29 is 24.3 Å². The van der Waals surface area contributed by atoms with Crippen LogP contribution in [0.25, 0.3) is 0 Å². The largest absolute Gasteiger partial charge is 0.480 e. The first-order chi connectivity index (χ1) is 11.0. The normalized spacial score (nSPS) is 30.2. The Labute approximate surface area is 141 Å². The van der Waals surface area contributed by atoms with Gasteiger partial charge in [0.25, 0.3) is 5.91 Å². The number of urea groups is 1. The molecule has 0 radical (unpaired) electrons.